The minimum atomic E-state index is -1.41. The second kappa shape index (κ2) is 9.24. The van der Waals surface area contributed by atoms with Gasteiger partial charge in [-0.1, -0.05) is 0 Å². The number of aliphatic hydroxyl groups excluding tert-OH is 2. The van der Waals surface area contributed by atoms with Crippen molar-refractivity contribution in [3.8, 4) is 0 Å². The molecule has 0 radical (unpaired) electrons. The van der Waals surface area contributed by atoms with Gasteiger partial charge < -0.3 is 35.8 Å². The lowest BCUT2D eigenvalue weighted by Crippen LogP contribution is -2.47. The third kappa shape index (κ3) is 4.22. The molecule has 2 saturated heterocycles. The second-order valence-electron chi connectivity index (χ2n) is 8.51. The fourth-order valence-corrected chi connectivity index (χ4v) is 4.45. The topological polar surface area (TPSA) is 155 Å². The summed E-state index contributed by atoms with van der Waals surface area (Å²) in [5, 5.41) is 23.6. The molecular weight excluding hydrogens is 459 g/mol. The number of rotatable bonds is 5. The highest BCUT2D eigenvalue weighted by Crippen LogP contribution is 2.33. The monoisotopic (exact) mass is 486 g/mol. The van der Waals surface area contributed by atoms with E-state index in [2.05, 4.69) is 25.2 Å². The Balaban J connectivity index is 1.38. The number of carbonyl (C=O) groups excluding carboxylic acids is 1. The highest BCUT2D eigenvalue weighted by atomic mass is 19.1. The molecule has 13 heteroatoms. The van der Waals surface area contributed by atoms with Gasteiger partial charge in [0.2, 0.25) is 5.95 Å². The average molecular weight is 487 g/mol. The van der Waals surface area contributed by atoms with E-state index >= 15 is 0 Å². The molecule has 0 spiro atoms. The zero-order valence-corrected chi connectivity index (χ0v) is 19.1. The number of nitrogens with one attached hydrogen (secondary N) is 1. The third-order valence-electron chi connectivity index (χ3n) is 6.31. The number of anilines is 3. The SMILES string of the molecule is CCNC(=O)[C@H]1O[C@@H](n2cnc3c(N)nc(N4CCN(c5ccc(F)cc5)CC4)nc32)[C@H](O)[C@@H]1O. The third-order valence-corrected chi connectivity index (χ3v) is 6.31. The number of carbonyl (C=O) groups is 1. The van der Waals surface area contributed by atoms with E-state index in [1.165, 1.54) is 23.0 Å². The molecule has 2 aliphatic rings. The molecule has 0 bridgehead atoms. The maximum Gasteiger partial charge on any atom is 0.252 e. The largest absolute Gasteiger partial charge is 0.387 e. The summed E-state index contributed by atoms with van der Waals surface area (Å²) >= 11 is 0. The van der Waals surface area contributed by atoms with Crippen molar-refractivity contribution in [2.24, 2.45) is 0 Å². The van der Waals surface area contributed by atoms with Crippen LogP contribution in [-0.2, 0) is 9.53 Å². The van der Waals surface area contributed by atoms with Crippen molar-refractivity contribution >= 4 is 34.5 Å². The second-order valence-corrected chi connectivity index (χ2v) is 8.51. The molecule has 5 N–H and O–H groups in total. The van der Waals surface area contributed by atoms with E-state index in [1.54, 1.807) is 19.1 Å². The molecule has 5 rings (SSSR count). The smallest absolute Gasteiger partial charge is 0.252 e. The van der Waals surface area contributed by atoms with Gasteiger partial charge in [0.15, 0.2) is 23.8 Å². The number of nitrogens with zero attached hydrogens (tertiary/aromatic N) is 6. The molecule has 35 heavy (non-hydrogen) atoms. The molecule has 2 fully saturated rings. The van der Waals surface area contributed by atoms with Crippen LogP contribution < -0.4 is 20.9 Å². The van der Waals surface area contributed by atoms with Crippen LogP contribution in [0, 0.1) is 5.82 Å². The van der Waals surface area contributed by atoms with Gasteiger partial charge in [-0.15, -0.1) is 0 Å². The number of nitrogen functional groups attached to an aromatic ring is 1. The van der Waals surface area contributed by atoms with Crippen LogP contribution in [0.15, 0.2) is 30.6 Å². The van der Waals surface area contributed by atoms with Crippen molar-refractivity contribution in [2.75, 3.05) is 48.3 Å². The van der Waals surface area contributed by atoms with Crippen LogP contribution in [0.25, 0.3) is 11.2 Å². The number of aliphatic hydroxyl groups is 2. The van der Waals surface area contributed by atoms with Gasteiger partial charge in [-0.05, 0) is 31.2 Å². The quantitative estimate of drug-likeness (QED) is 0.375. The molecule has 1 amide bonds. The van der Waals surface area contributed by atoms with Crippen molar-refractivity contribution in [3.05, 3.63) is 36.4 Å². The minimum Gasteiger partial charge on any atom is -0.387 e. The number of halogens is 1. The van der Waals surface area contributed by atoms with Crippen LogP contribution >= 0.6 is 0 Å². The van der Waals surface area contributed by atoms with Crippen LogP contribution in [0.2, 0.25) is 0 Å². The number of imidazole rings is 1. The van der Waals surface area contributed by atoms with Crippen molar-refractivity contribution < 1.29 is 24.1 Å². The van der Waals surface area contributed by atoms with E-state index in [9.17, 15) is 19.4 Å². The first-order chi connectivity index (χ1) is 16.9. The number of aromatic nitrogens is 4. The standard InChI is InChI=1S/C22H27FN8O4/c1-2-25-20(34)17-15(32)16(33)21(35-17)31-11-26-14-18(24)27-22(28-19(14)31)30-9-7-29(8-10-30)13-5-3-12(23)4-6-13/h3-6,11,15-17,21,32-33H,2,7-10H2,1H3,(H,25,34)(H2,24,27,28)/t15-,16+,17-,21+/m0/s1. The Kier molecular flexibility index (Phi) is 6.13. The van der Waals surface area contributed by atoms with Crippen molar-refractivity contribution in [1.82, 2.24) is 24.8 Å². The lowest BCUT2D eigenvalue weighted by atomic mass is 10.1. The summed E-state index contributed by atoms with van der Waals surface area (Å²) < 4.78 is 20.4. The lowest BCUT2D eigenvalue weighted by Gasteiger charge is -2.36. The van der Waals surface area contributed by atoms with E-state index in [0.29, 0.717) is 49.8 Å². The molecule has 12 nitrogen and oxygen atoms in total. The number of ether oxygens (including phenoxy) is 1. The van der Waals surface area contributed by atoms with E-state index in [0.717, 1.165) is 5.69 Å². The Morgan fingerprint density at radius 2 is 1.83 bits per heavy atom. The number of nitrogens with two attached hydrogens (primary N) is 1. The van der Waals surface area contributed by atoms with Crippen LogP contribution in [0.4, 0.5) is 21.8 Å². The number of likely N-dealkylation sites (N-methyl/N-ethyl adjacent to an activating group) is 1. The number of piperazine rings is 1. The highest BCUT2D eigenvalue weighted by Gasteiger charge is 2.47. The Morgan fingerprint density at radius 1 is 1.14 bits per heavy atom. The molecule has 0 saturated carbocycles. The maximum atomic E-state index is 13.2. The fourth-order valence-electron chi connectivity index (χ4n) is 4.45. The Labute approximate surface area is 200 Å². The Hall–Kier alpha value is -3.55. The maximum absolute atomic E-state index is 13.2. The Morgan fingerprint density at radius 3 is 2.51 bits per heavy atom. The number of benzene rings is 1. The summed E-state index contributed by atoms with van der Waals surface area (Å²) in [6.07, 6.45) is -3.71. The molecule has 2 aliphatic heterocycles. The number of amides is 1. The van der Waals surface area contributed by atoms with Gasteiger partial charge in [-0.2, -0.15) is 9.97 Å². The average Bonchev–Trinajstić information content (AvgIpc) is 3.41. The normalized spacial score (nSPS) is 24.8. The van der Waals surface area contributed by atoms with Crippen LogP contribution in [0.1, 0.15) is 13.2 Å². The van der Waals surface area contributed by atoms with Crippen LogP contribution in [0.3, 0.4) is 0 Å². The number of hydrogen-bond acceptors (Lipinski definition) is 10. The number of hydrogen-bond donors (Lipinski definition) is 4. The zero-order chi connectivity index (χ0) is 24.7. The summed E-state index contributed by atoms with van der Waals surface area (Å²) in [4.78, 5) is 29.7. The molecule has 2 aromatic heterocycles. The van der Waals surface area contributed by atoms with E-state index in [-0.39, 0.29) is 11.6 Å². The lowest BCUT2D eigenvalue weighted by molar-refractivity contribution is -0.137. The minimum absolute atomic E-state index is 0.165. The first kappa shape index (κ1) is 23.2. The zero-order valence-electron chi connectivity index (χ0n) is 19.1. The van der Waals surface area contributed by atoms with Crippen molar-refractivity contribution in [3.63, 3.8) is 0 Å². The molecular formula is C22H27FN8O4. The summed E-state index contributed by atoms with van der Waals surface area (Å²) in [6.45, 7) is 4.68. The summed E-state index contributed by atoms with van der Waals surface area (Å²) in [6, 6.07) is 6.37. The molecule has 1 aromatic carbocycles. The molecule has 186 valence electrons. The van der Waals surface area contributed by atoms with E-state index < -0.39 is 30.4 Å². The summed E-state index contributed by atoms with van der Waals surface area (Å²) in [5.41, 5.74) is 7.75. The number of fused-ring (bicyclic) bond motifs is 1. The van der Waals surface area contributed by atoms with Gasteiger partial charge >= 0.3 is 0 Å². The van der Waals surface area contributed by atoms with Gasteiger partial charge in [0.05, 0.1) is 6.33 Å². The van der Waals surface area contributed by atoms with Crippen LogP contribution in [-0.4, -0.2) is 86.7 Å². The molecule has 0 unspecified atom stereocenters. The van der Waals surface area contributed by atoms with Gasteiger partial charge in [0.1, 0.15) is 23.5 Å². The predicted molar refractivity (Wildman–Crippen MR) is 125 cm³/mol. The summed E-state index contributed by atoms with van der Waals surface area (Å²) in [5.74, 6) is -0.232. The van der Waals surface area contributed by atoms with Crippen molar-refractivity contribution in [2.45, 2.75) is 31.5 Å². The van der Waals surface area contributed by atoms with Gasteiger partial charge in [0, 0.05) is 38.4 Å². The first-order valence-corrected chi connectivity index (χ1v) is 11.4. The van der Waals surface area contributed by atoms with Crippen molar-refractivity contribution in [1.29, 1.82) is 0 Å². The van der Waals surface area contributed by atoms with Gasteiger partial charge in [0.25, 0.3) is 5.91 Å². The fraction of sp³-hybridized carbons (Fsp3) is 0.455. The van der Waals surface area contributed by atoms with Crippen LogP contribution in [0.5, 0.6) is 0 Å². The first-order valence-electron chi connectivity index (χ1n) is 11.4. The molecule has 0 aliphatic carbocycles. The summed E-state index contributed by atoms with van der Waals surface area (Å²) in [7, 11) is 0. The van der Waals surface area contributed by atoms with E-state index in [1.807, 2.05) is 4.90 Å². The highest BCUT2D eigenvalue weighted by molar-refractivity contribution is 5.84. The molecule has 3 aromatic rings. The van der Waals surface area contributed by atoms with E-state index in [4.69, 9.17) is 10.5 Å². The Bertz CT molecular complexity index is 1210. The predicted octanol–water partition coefficient (Wildman–Crippen LogP) is -0.370. The van der Waals surface area contributed by atoms with Gasteiger partial charge in [-0.3, -0.25) is 9.36 Å². The van der Waals surface area contributed by atoms with Gasteiger partial charge in [-0.25, -0.2) is 9.37 Å². The molecule has 4 atom stereocenters. The molecule has 4 heterocycles.